The van der Waals surface area contributed by atoms with E-state index in [-0.39, 0.29) is 49.3 Å². The van der Waals surface area contributed by atoms with Gasteiger partial charge in [-0.1, -0.05) is 77.1 Å². The Morgan fingerprint density at radius 1 is 0.685 bits per heavy atom. The highest BCUT2D eigenvalue weighted by Crippen LogP contribution is 2.18. The topological polar surface area (TPSA) is 177 Å². The molecule has 2 rings (SSSR count). The molecule has 0 spiro atoms. The monoisotopic (exact) mass is 756 g/mol. The fourth-order valence-electron chi connectivity index (χ4n) is 4.90. The first-order valence-electron chi connectivity index (χ1n) is 19.1. The highest BCUT2D eigenvalue weighted by atomic mass is 16.6. The first kappa shape index (κ1) is 46.3. The Bertz CT molecular complexity index is 1350. The van der Waals surface area contributed by atoms with Crippen LogP contribution in [0, 0.1) is 11.3 Å². The molecule has 0 aromatic heterocycles. The van der Waals surface area contributed by atoms with E-state index in [0.29, 0.717) is 77.7 Å². The summed E-state index contributed by atoms with van der Waals surface area (Å²) in [5.41, 5.74) is 8.11. The standard InChI is InChI=1S/C41H64N4O9/c1-31(2)40(49)54-30-33-14-16-34(17-15-33)43-38(47)35(13-9-10-20-42)45-39(48)36(29-32-11-7-6-8-12-32)44-37(46)18-21-50-23-25-52-27-28-53-26-24-51-22-19-41(3,4)5/h6-8,11-12,14-17,31,35-36H,9-10,13,18-30,42H2,1-5H3,(H,43,47)(H,44,46)(H,45,48)/t35?,36-/m0/s1. The number of nitrogens with two attached hydrogens (primary N) is 1. The third-order valence-electron chi connectivity index (χ3n) is 8.17. The Hall–Kier alpha value is -3.88. The molecule has 0 aliphatic heterocycles. The molecule has 1 unspecified atom stereocenters. The number of anilines is 1. The predicted octanol–water partition coefficient (Wildman–Crippen LogP) is 4.56. The van der Waals surface area contributed by atoms with Crippen molar-refractivity contribution < 1.29 is 42.9 Å². The summed E-state index contributed by atoms with van der Waals surface area (Å²) in [5.74, 6) is -1.74. The van der Waals surface area contributed by atoms with Gasteiger partial charge in [-0.05, 0) is 60.9 Å². The molecule has 0 aliphatic carbocycles. The number of benzene rings is 2. The van der Waals surface area contributed by atoms with Gasteiger partial charge in [-0.3, -0.25) is 19.2 Å². The average Bonchev–Trinajstić information content (AvgIpc) is 3.13. The minimum atomic E-state index is -0.926. The van der Waals surface area contributed by atoms with Crippen molar-refractivity contribution in [2.45, 2.75) is 91.8 Å². The number of carbonyl (C=O) groups excluding carboxylic acids is 4. The summed E-state index contributed by atoms with van der Waals surface area (Å²) >= 11 is 0. The largest absolute Gasteiger partial charge is 0.461 e. The maximum Gasteiger partial charge on any atom is 0.308 e. The second-order valence-corrected chi connectivity index (χ2v) is 14.6. The van der Waals surface area contributed by atoms with Crippen molar-refractivity contribution in [3.8, 4) is 0 Å². The number of carbonyl (C=O) groups is 4. The smallest absolute Gasteiger partial charge is 0.308 e. The van der Waals surface area contributed by atoms with Gasteiger partial charge < -0.3 is 45.4 Å². The number of hydrogen-bond acceptors (Lipinski definition) is 10. The first-order valence-corrected chi connectivity index (χ1v) is 19.1. The minimum Gasteiger partial charge on any atom is -0.461 e. The Balaban J connectivity index is 1.84. The quantitative estimate of drug-likeness (QED) is 0.0712. The maximum absolute atomic E-state index is 13.7. The van der Waals surface area contributed by atoms with Gasteiger partial charge in [0.2, 0.25) is 17.7 Å². The second kappa shape index (κ2) is 26.8. The minimum absolute atomic E-state index is 0.0456. The zero-order valence-corrected chi connectivity index (χ0v) is 33.0. The molecule has 0 saturated carbocycles. The molecule has 13 heteroatoms. The second-order valence-electron chi connectivity index (χ2n) is 14.6. The van der Waals surface area contributed by atoms with Gasteiger partial charge in [0.15, 0.2) is 0 Å². The lowest BCUT2D eigenvalue weighted by atomic mass is 9.93. The fraction of sp³-hybridized carbons (Fsp3) is 0.610. The summed E-state index contributed by atoms with van der Waals surface area (Å²) in [5, 5.41) is 8.57. The Labute approximate surface area is 321 Å². The van der Waals surface area contributed by atoms with Gasteiger partial charge in [-0.25, -0.2) is 0 Å². The SMILES string of the molecule is CC(C)C(=O)OCc1ccc(NC(=O)C(CCCCN)NC(=O)[C@H](Cc2ccccc2)NC(=O)CCOCCOCCOCCOCCC(C)(C)C)cc1. The molecular weight excluding hydrogens is 692 g/mol. The van der Waals surface area contributed by atoms with E-state index in [1.54, 1.807) is 38.1 Å². The Morgan fingerprint density at radius 2 is 1.28 bits per heavy atom. The predicted molar refractivity (Wildman–Crippen MR) is 209 cm³/mol. The van der Waals surface area contributed by atoms with E-state index in [0.717, 1.165) is 17.5 Å². The lowest BCUT2D eigenvalue weighted by Gasteiger charge is -2.23. The number of hydrogen-bond donors (Lipinski definition) is 4. The maximum atomic E-state index is 13.7. The Morgan fingerprint density at radius 3 is 1.85 bits per heavy atom. The van der Waals surface area contributed by atoms with Crippen LogP contribution in [0.3, 0.4) is 0 Å². The summed E-state index contributed by atoms with van der Waals surface area (Å²) in [7, 11) is 0. The Kier molecular flexibility index (Phi) is 23.0. The number of esters is 1. The molecule has 0 radical (unpaired) electrons. The summed E-state index contributed by atoms with van der Waals surface area (Å²) in [6.45, 7) is 14.1. The number of ether oxygens (including phenoxy) is 5. The molecule has 54 heavy (non-hydrogen) atoms. The molecule has 2 atom stereocenters. The summed E-state index contributed by atoms with van der Waals surface area (Å²) in [6.07, 6.45) is 2.93. The van der Waals surface area contributed by atoms with Gasteiger partial charge in [0.05, 0.1) is 52.2 Å². The van der Waals surface area contributed by atoms with E-state index in [9.17, 15) is 19.2 Å². The van der Waals surface area contributed by atoms with Crippen LogP contribution in [0.1, 0.15) is 77.8 Å². The average molecular weight is 757 g/mol. The molecule has 0 bridgehead atoms. The molecule has 2 aromatic rings. The van der Waals surface area contributed by atoms with Crippen molar-refractivity contribution in [1.82, 2.24) is 10.6 Å². The molecule has 13 nitrogen and oxygen atoms in total. The summed E-state index contributed by atoms with van der Waals surface area (Å²) in [4.78, 5) is 51.9. The third kappa shape index (κ3) is 21.7. The van der Waals surface area contributed by atoms with E-state index in [1.165, 1.54) is 0 Å². The molecule has 3 amide bonds. The van der Waals surface area contributed by atoms with Crippen molar-refractivity contribution in [3.05, 3.63) is 65.7 Å². The molecule has 0 heterocycles. The van der Waals surface area contributed by atoms with Crippen molar-refractivity contribution >= 4 is 29.4 Å². The van der Waals surface area contributed by atoms with Gasteiger partial charge in [0.25, 0.3) is 0 Å². The first-order chi connectivity index (χ1) is 25.9. The van der Waals surface area contributed by atoms with E-state index < -0.39 is 23.9 Å². The molecule has 0 saturated heterocycles. The molecule has 0 aliphatic rings. The highest BCUT2D eigenvalue weighted by molar-refractivity contribution is 5.98. The van der Waals surface area contributed by atoms with Crippen LogP contribution < -0.4 is 21.7 Å². The van der Waals surface area contributed by atoms with Gasteiger partial charge in [-0.15, -0.1) is 0 Å². The lowest BCUT2D eigenvalue weighted by Crippen LogP contribution is -2.53. The summed E-state index contributed by atoms with van der Waals surface area (Å²) in [6, 6.07) is 14.5. The molecule has 0 fully saturated rings. The number of amides is 3. The van der Waals surface area contributed by atoms with Crippen LogP contribution in [-0.2, 0) is 55.9 Å². The normalized spacial score (nSPS) is 12.6. The lowest BCUT2D eigenvalue weighted by molar-refractivity contribution is -0.148. The molecular formula is C41H64N4O9. The zero-order chi connectivity index (χ0) is 39.6. The van der Waals surface area contributed by atoms with Gasteiger partial charge in [-0.2, -0.15) is 0 Å². The molecule has 302 valence electrons. The van der Waals surface area contributed by atoms with Crippen molar-refractivity contribution in [3.63, 3.8) is 0 Å². The van der Waals surface area contributed by atoms with Crippen molar-refractivity contribution in [2.75, 3.05) is 64.7 Å². The van der Waals surface area contributed by atoms with E-state index >= 15 is 0 Å². The van der Waals surface area contributed by atoms with Crippen LogP contribution in [0.2, 0.25) is 0 Å². The van der Waals surface area contributed by atoms with Gasteiger partial charge in [0, 0.05) is 25.1 Å². The molecule has 5 N–H and O–H groups in total. The van der Waals surface area contributed by atoms with E-state index in [2.05, 4.69) is 36.7 Å². The van der Waals surface area contributed by atoms with Crippen molar-refractivity contribution in [1.29, 1.82) is 0 Å². The third-order valence-corrected chi connectivity index (χ3v) is 8.17. The van der Waals surface area contributed by atoms with Crippen LogP contribution in [0.25, 0.3) is 0 Å². The fourth-order valence-corrected chi connectivity index (χ4v) is 4.90. The van der Waals surface area contributed by atoms with Crippen LogP contribution in [0.5, 0.6) is 0 Å². The number of nitrogens with one attached hydrogen (secondary N) is 3. The molecule has 2 aromatic carbocycles. The van der Waals surface area contributed by atoms with Gasteiger partial charge in [0.1, 0.15) is 18.7 Å². The van der Waals surface area contributed by atoms with E-state index in [1.807, 2.05) is 30.3 Å². The van der Waals surface area contributed by atoms with Gasteiger partial charge >= 0.3 is 5.97 Å². The summed E-state index contributed by atoms with van der Waals surface area (Å²) < 4.78 is 27.5. The number of unbranched alkanes of at least 4 members (excludes halogenated alkanes) is 1. The highest BCUT2D eigenvalue weighted by Gasteiger charge is 2.27. The van der Waals surface area contributed by atoms with Crippen LogP contribution in [-0.4, -0.2) is 95.2 Å². The van der Waals surface area contributed by atoms with Crippen LogP contribution >= 0.6 is 0 Å². The van der Waals surface area contributed by atoms with Crippen molar-refractivity contribution in [2.24, 2.45) is 17.1 Å². The van der Waals surface area contributed by atoms with Crippen LogP contribution in [0.15, 0.2) is 54.6 Å². The number of rotatable bonds is 28. The van der Waals surface area contributed by atoms with Crippen LogP contribution in [0.4, 0.5) is 5.69 Å². The van der Waals surface area contributed by atoms with E-state index in [4.69, 9.17) is 29.4 Å². The zero-order valence-electron chi connectivity index (χ0n) is 33.0.